The molecule has 2 aromatic rings. The van der Waals surface area contributed by atoms with E-state index in [-0.39, 0.29) is 16.9 Å². The molecule has 3 N–H and O–H groups in total. The Morgan fingerprint density at radius 2 is 1.81 bits per heavy atom. The van der Waals surface area contributed by atoms with E-state index in [0.29, 0.717) is 23.7 Å². The van der Waals surface area contributed by atoms with Crippen molar-refractivity contribution in [1.82, 2.24) is 4.72 Å². The van der Waals surface area contributed by atoms with Gasteiger partial charge in [-0.15, -0.1) is 0 Å². The summed E-state index contributed by atoms with van der Waals surface area (Å²) in [5, 5.41) is 11.5. The first-order chi connectivity index (χ1) is 12.8. The fraction of sp³-hybridized carbons (Fsp3) is 0.263. The molecule has 0 unspecified atom stereocenters. The number of carboxylic acids is 1. The standard InChI is InChI=1S/C19H20N2O5S/c22-18(23)10-14-3-1-5-16(9-14)21-19(24)15-4-2-6-17(11-15)27(25,26)20-12-13-7-8-13/h1-6,9,11,13,20H,7-8,10,12H2,(H,21,24)(H,22,23). The van der Waals surface area contributed by atoms with Gasteiger partial charge in [0, 0.05) is 17.8 Å². The zero-order chi connectivity index (χ0) is 19.4. The molecule has 1 aliphatic rings. The molecule has 0 bridgehead atoms. The van der Waals surface area contributed by atoms with Crippen LogP contribution in [0, 0.1) is 5.92 Å². The van der Waals surface area contributed by atoms with Crippen LogP contribution in [0.2, 0.25) is 0 Å². The predicted octanol–water partition coefficient (Wildman–Crippen LogP) is 2.25. The molecule has 7 nitrogen and oxygen atoms in total. The largest absolute Gasteiger partial charge is 0.481 e. The summed E-state index contributed by atoms with van der Waals surface area (Å²) in [5.41, 5.74) is 1.20. The number of aliphatic carboxylic acids is 1. The minimum absolute atomic E-state index is 0.0374. The lowest BCUT2D eigenvalue weighted by atomic mass is 10.1. The molecule has 0 aliphatic heterocycles. The van der Waals surface area contributed by atoms with Crippen molar-refractivity contribution in [3.05, 3.63) is 59.7 Å². The summed E-state index contributed by atoms with van der Waals surface area (Å²) >= 11 is 0. The van der Waals surface area contributed by atoms with Gasteiger partial charge >= 0.3 is 5.97 Å². The minimum atomic E-state index is -3.66. The van der Waals surface area contributed by atoms with E-state index < -0.39 is 21.9 Å². The summed E-state index contributed by atoms with van der Waals surface area (Å²) in [5.74, 6) is -1.03. The second-order valence-electron chi connectivity index (χ2n) is 6.55. The molecule has 1 amide bonds. The van der Waals surface area contributed by atoms with Crippen molar-refractivity contribution in [3.63, 3.8) is 0 Å². The summed E-state index contributed by atoms with van der Waals surface area (Å²) in [6, 6.07) is 12.3. The molecule has 2 aromatic carbocycles. The van der Waals surface area contributed by atoms with E-state index >= 15 is 0 Å². The molecule has 27 heavy (non-hydrogen) atoms. The summed E-state index contributed by atoms with van der Waals surface area (Å²) in [6.45, 7) is 0.412. The fourth-order valence-corrected chi connectivity index (χ4v) is 3.74. The number of carboxylic acid groups (broad SMARTS) is 1. The third-order valence-corrected chi connectivity index (χ3v) is 5.63. The van der Waals surface area contributed by atoms with Crippen molar-refractivity contribution in [2.24, 2.45) is 5.92 Å². The van der Waals surface area contributed by atoms with Crippen molar-refractivity contribution in [1.29, 1.82) is 0 Å². The highest BCUT2D eigenvalue weighted by atomic mass is 32.2. The number of hydrogen-bond acceptors (Lipinski definition) is 4. The van der Waals surface area contributed by atoms with Gasteiger partial charge in [0.15, 0.2) is 0 Å². The maximum atomic E-state index is 12.5. The van der Waals surface area contributed by atoms with Crippen LogP contribution in [0.25, 0.3) is 0 Å². The molecule has 1 fully saturated rings. The Morgan fingerprint density at radius 1 is 1.07 bits per heavy atom. The Morgan fingerprint density at radius 3 is 2.52 bits per heavy atom. The molecule has 0 atom stereocenters. The van der Waals surface area contributed by atoms with Crippen LogP contribution in [-0.2, 0) is 21.2 Å². The number of nitrogens with one attached hydrogen (secondary N) is 2. The summed E-state index contributed by atoms with van der Waals surface area (Å²) in [6.07, 6.45) is 1.92. The Hall–Kier alpha value is -2.71. The molecule has 0 aromatic heterocycles. The van der Waals surface area contributed by atoms with Crippen LogP contribution in [0.4, 0.5) is 5.69 Å². The van der Waals surface area contributed by atoms with Gasteiger partial charge in [0.25, 0.3) is 5.91 Å². The van der Waals surface area contributed by atoms with Crippen LogP contribution in [0.1, 0.15) is 28.8 Å². The van der Waals surface area contributed by atoms with E-state index in [0.717, 1.165) is 12.8 Å². The maximum Gasteiger partial charge on any atom is 0.307 e. The van der Waals surface area contributed by atoms with E-state index in [4.69, 9.17) is 5.11 Å². The molecule has 3 rings (SSSR count). The minimum Gasteiger partial charge on any atom is -0.481 e. The van der Waals surface area contributed by atoms with Crippen LogP contribution >= 0.6 is 0 Å². The Bertz CT molecular complexity index is 968. The summed E-state index contributed by atoms with van der Waals surface area (Å²) < 4.78 is 27.3. The quantitative estimate of drug-likeness (QED) is 0.642. The van der Waals surface area contributed by atoms with Gasteiger partial charge in [-0.25, -0.2) is 13.1 Å². The van der Waals surface area contributed by atoms with Crippen LogP contribution in [0.5, 0.6) is 0 Å². The van der Waals surface area contributed by atoms with E-state index in [1.807, 2.05) is 0 Å². The van der Waals surface area contributed by atoms with Crippen molar-refractivity contribution < 1.29 is 23.1 Å². The van der Waals surface area contributed by atoms with Crippen LogP contribution in [0.15, 0.2) is 53.4 Å². The third kappa shape index (κ3) is 5.38. The fourth-order valence-electron chi connectivity index (χ4n) is 2.57. The summed E-state index contributed by atoms with van der Waals surface area (Å²) in [4.78, 5) is 23.3. The number of hydrogen-bond donors (Lipinski definition) is 3. The Labute approximate surface area is 157 Å². The Kier molecular flexibility index (Phi) is 5.57. The van der Waals surface area contributed by atoms with Crippen molar-refractivity contribution in [2.45, 2.75) is 24.2 Å². The molecular weight excluding hydrogens is 368 g/mol. The maximum absolute atomic E-state index is 12.5. The number of sulfonamides is 1. The highest BCUT2D eigenvalue weighted by molar-refractivity contribution is 7.89. The zero-order valence-electron chi connectivity index (χ0n) is 14.5. The third-order valence-electron chi connectivity index (χ3n) is 4.21. The van der Waals surface area contributed by atoms with Gasteiger partial charge in [0.05, 0.1) is 11.3 Å². The van der Waals surface area contributed by atoms with Gasteiger partial charge < -0.3 is 10.4 Å². The molecule has 0 saturated heterocycles. The second-order valence-corrected chi connectivity index (χ2v) is 8.32. The second kappa shape index (κ2) is 7.89. The topological polar surface area (TPSA) is 113 Å². The number of anilines is 1. The number of carbonyl (C=O) groups excluding carboxylic acids is 1. The average Bonchev–Trinajstić information content (AvgIpc) is 3.44. The van der Waals surface area contributed by atoms with Gasteiger partial charge in [-0.2, -0.15) is 0 Å². The van der Waals surface area contributed by atoms with Crippen LogP contribution in [0.3, 0.4) is 0 Å². The molecule has 0 radical (unpaired) electrons. The Balaban J connectivity index is 1.72. The number of benzene rings is 2. The predicted molar refractivity (Wildman–Crippen MR) is 100 cm³/mol. The first kappa shape index (κ1) is 19.1. The van der Waals surface area contributed by atoms with E-state index in [2.05, 4.69) is 10.0 Å². The molecule has 0 heterocycles. The van der Waals surface area contributed by atoms with Crippen molar-refractivity contribution in [3.8, 4) is 0 Å². The molecule has 142 valence electrons. The van der Waals surface area contributed by atoms with Gasteiger partial charge in [-0.3, -0.25) is 9.59 Å². The van der Waals surface area contributed by atoms with E-state index in [9.17, 15) is 18.0 Å². The molecule has 8 heteroatoms. The van der Waals surface area contributed by atoms with Crippen molar-refractivity contribution >= 4 is 27.6 Å². The smallest absolute Gasteiger partial charge is 0.307 e. The SMILES string of the molecule is O=C(O)Cc1cccc(NC(=O)c2cccc(S(=O)(=O)NCC3CC3)c2)c1. The van der Waals surface area contributed by atoms with Gasteiger partial charge in [0.2, 0.25) is 10.0 Å². The monoisotopic (exact) mass is 388 g/mol. The molecule has 1 aliphatic carbocycles. The summed E-state index contributed by atoms with van der Waals surface area (Å²) in [7, 11) is -3.66. The van der Waals surface area contributed by atoms with E-state index in [1.165, 1.54) is 24.3 Å². The molecule has 0 spiro atoms. The van der Waals surface area contributed by atoms with Crippen LogP contribution < -0.4 is 10.0 Å². The van der Waals surface area contributed by atoms with Gasteiger partial charge in [-0.05, 0) is 54.7 Å². The van der Waals surface area contributed by atoms with E-state index in [1.54, 1.807) is 24.3 Å². The average molecular weight is 388 g/mol. The number of amides is 1. The first-order valence-corrected chi connectivity index (χ1v) is 10.0. The number of rotatable bonds is 8. The van der Waals surface area contributed by atoms with Crippen LogP contribution in [-0.4, -0.2) is 31.9 Å². The van der Waals surface area contributed by atoms with Crippen molar-refractivity contribution in [2.75, 3.05) is 11.9 Å². The van der Waals surface area contributed by atoms with Gasteiger partial charge in [-0.1, -0.05) is 18.2 Å². The lowest BCUT2D eigenvalue weighted by molar-refractivity contribution is -0.136. The molecule has 1 saturated carbocycles. The lowest BCUT2D eigenvalue weighted by Gasteiger charge is -2.09. The molecular formula is C19H20N2O5S. The first-order valence-electron chi connectivity index (χ1n) is 8.55. The normalized spacial score (nSPS) is 13.9. The highest BCUT2D eigenvalue weighted by Crippen LogP contribution is 2.28. The van der Waals surface area contributed by atoms with Gasteiger partial charge in [0.1, 0.15) is 0 Å². The lowest BCUT2D eigenvalue weighted by Crippen LogP contribution is -2.26. The zero-order valence-corrected chi connectivity index (χ0v) is 15.3. The highest BCUT2D eigenvalue weighted by Gasteiger charge is 2.24. The number of carbonyl (C=O) groups is 2.